The Hall–Kier alpha value is -1.75. The number of ether oxygens (including phenoxy) is 1. The molecular weight excluding hydrogens is 280 g/mol. The SMILES string of the molecule is C[C@H](NC(=O)OC(C)(C)C)C(=O)Nc1ccc(Cl)cc1. The van der Waals surface area contributed by atoms with Crippen LogP contribution in [-0.4, -0.2) is 23.6 Å². The number of nitrogens with one attached hydrogen (secondary N) is 2. The van der Waals surface area contributed by atoms with Crippen molar-refractivity contribution in [2.24, 2.45) is 0 Å². The van der Waals surface area contributed by atoms with Crippen molar-refractivity contribution in [3.05, 3.63) is 29.3 Å². The van der Waals surface area contributed by atoms with Crippen molar-refractivity contribution in [3.63, 3.8) is 0 Å². The molecule has 2 N–H and O–H groups in total. The van der Waals surface area contributed by atoms with Gasteiger partial charge in [-0.25, -0.2) is 4.79 Å². The van der Waals surface area contributed by atoms with E-state index in [1.54, 1.807) is 52.0 Å². The summed E-state index contributed by atoms with van der Waals surface area (Å²) < 4.78 is 5.08. The van der Waals surface area contributed by atoms with E-state index >= 15 is 0 Å². The molecule has 1 aromatic carbocycles. The summed E-state index contributed by atoms with van der Waals surface area (Å²) in [7, 11) is 0. The highest BCUT2D eigenvalue weighted by Crippen LogP contribution is 2.13. The first-order chi connectivity index (χ1) is 9.17. The Labute approximate surface area is 123 Å². The normalized spacial score (nSPS) is 12.4. The number of benzene rings is 1. The molecule has 0 fully saturated rings. The molecule has 1 aromatic rings. The largest absolute Gasteiger partial charge is 0.444 e. The summed E-state index contributed by atoms with van der Waals surface area (Å²) in [6.45, 7) is 6.84. The molecule has 0 radical (unpaired) electrons. The van der Waals surface area contributed by atoms with Crippen molar-refractivity contribution in [3.8, 4) is 0 Å². The molecule has 6 heteroatoms. The predicted molar refractivity (Wildman–Crippen MR) is 78.9 cm³/mol. The lowest BCUT2D eigenvalue weighted by Crippen LogP contribution is -2.43. The highest BCUT2D eigenvalue weighted by molar-refractivity contribution is 6.30. The molecule has 0 saturated heterocycles. The molecule has 0 aliphatic carbocycles. The third-order valence-electron chi connectivity index (χ3n) is 2.24. The average molecular weight is 299 g/mol. The van der Waals surface area contributed by atoms with Crippen LogP contribution in [0.5, 0.6) is 0 Å². The van der Waals surface area contributed by atoms with E-state index in [4.69, 9.17) is 16.3 Å². The van der Waals surface area contributed by atoms with Crippen LogP contribution in [-0.2, 0) is 9.53 Å². The van der Waals surface area contributed by atoms with Crippen molar-refractivity contribution in [2.75, 3.05) is 5.32 Å². The minimum atomic E-state index is -0.708. The van der Waals surface area contributed by atoms with Crippen LogP contribution in [0.1, 0.15) is 27.7 Å². The number of hydrogen-bond acceptors (Lipinski definition) is 3. The monoisotopic (exact) mass is 298 g/mol. The third kappa shape index (κ3) is 5.93. The zero-order valence-electron chi connectivity index (χ0n) is 12.0. The minimum Gasteiger partial charge on any atom is -0.444 e. The summed E-state index contributed by atoms with van der Waals surface area (Å²) in [5, 5.41) is 5.72. The van der Waals surface area contributed by atoms with Crippen LogP contribution in [0, 0.1) is 0 Å². The lowest BCUT2D eigenvalue weighted by molar-refractivity contribution is -0.117. The van der Waals surface area contributed by atoms with Crippen LogP contribution in [0.25, 0.3) is 0 Å². The van der Waals surface area contributed by atoms with E-state index in [-0.39, 0.29) is 5.91 Å². The maximum atomic E-state index is 11.9. The maximum Gasteiger partial charge on any atom is 0.408 e. The maximum absolute atomic E-state index is 11.9. The summed E-state index contributed by atoms with van der Waals surface area (Å²) >= 11 is 5.75. The molecule has 5 nitrogen and oxygen atoms in total. The van der Waals surface area contributed by atoms with E-state index in [9.17, 15) is 9.59 Å². The van der Waals surface area contributed by atoms with Crippen molar-refractivity contribution < 1.29 is 14.3 Å². The summed E-state index contributed by atoms with van der Waals surface area (Å²) in [4.78, 5) is 23.4. The number of carbonyl (C=O) groups excluding carboxylic acids is 2. The number of rotatable bonds is 3. The Morgan fingerprint density at radius 3 is 2.25 bits per heavy atom. The van der Waals surface area contributed by atoms with Gasteiger partial charge in [0.1, 0.15) is 11.6 Å². The van der Waals surface area contributed by atoms with Crippen molar-refractivity contribution in [1.29, 1.82) is 0 Å². The van der Waals surface area contributed by atoms with Gasteiger partial charge in [-0.05, 0) is 52.0 Å². The second kappa shape index (κ2) is 6.61. The molecule has 1 rings (SSSR count). The quantitative estimate of drug-likeness (QED) is 0.900. The molecule has 0 aromatic heterocycles. The van der Waals surface area contributed by atoms with Gasteiger partial charge in [-0.3, -0.25) is 4.79 Å². The topological polar surface area (TPSA) is 67.4 Å². The molecule has 0 saturated carbocycles. The van der Waals surface area contributed by atoms with E-state index in [0.29, 0.717) is 10.7 Å². The molecular formula is C14H19ClN2O3. The number of carbonyl (C=O) groups is 2. The van der Waals surface area contributed by atoms with Gasteiger partial charge < -0.3 is 15.4 Å². The Morgan fingerprint density at radius 1 is 1.20 bits per heavy atom. The van der Waals surface area contributed by atoms with Crippen LogP contribution >= 0.6 is 11.6 Å². The Balaban J connectivity index is 2.51. The van der Waals surface area contributed by atoms with E-state index < -0.39 is 17.7 Å². The van der Waals surface area contributed by atoms with E-state index in [1.807, 2.05) is 0 Å². The van der Waals surface area contributed by atoms with Crippen LogP contribution in [0.15, 0.2) is 24.3 Å². The molecule has 1 atom stereocenters. The highest BCUT2D eigenvalue weighted by atomic mass is 35.5. The highest BCUT2D eigenvalue weighted by Gasteiger charge is 2.20. The Morgan fingerprint density at radius 2 is 1.75 bits per heavy atom. The van der Waals surface area contributed by atoms with Gasteiger partial charge >= 0.3 is 6.09 Å². The zero-order chi connectivity index (χ0) is 15.3. The number of halogens is 1. The van der Waals surface area contributed by atoms with Crippen molar-refractivity contribution >= 4 is 29.3 Å². The van der Waals surface area contributed by atoms with Gasteiger partial charge in [0.15, 0.2) is 0 Å². The molecule has 0 aliphatic heterocycles. The standard InChI is InChI=1S/C14H19ClN2O3/c1-9(16-13(19)20-14(2,3)4)12(18)17-11-7-5-10(15)6-8-11/h5-9H,1-4H3,(H,16,19)(H,17,18)/t9-/m0/s1. The second-order valence-corrected chi connectivity index (χ2v) is 5.80. The number of anilines is 1. The smallest absolute Gasteiger partial charge is 0.408 e. The Bertz CT molecular complexity index is 480. The minimum absolute atomic E-state index is 0.335. The first-order valence-corrected chi connectivity index (χ1v) is 6.61. The van der Waals surface area contributed by atoms with Crippen LogP contribution < -0.4 is 10.6 Å². The fraction of sp³-hybridized carbons (Fsp3) is 0.429. The number of hydrogen-bond donors (Lipinski definition) is 2. The first kappa shape index (κ1) is 16.3. The molecule has 0 aliphatic rings. The number of alkyl carbamates (subject to hydrolysis) is 1. The molecule has 0 bridgehead atoms. The lowest BCUT2D eigenvalue weighted by atomic mass is 10.2. The molecule has 0 heterocycles. The Kier molecular flexibility index (Phi) is 5.39. The predicted octanol–water partition coefficient (Wildman–Crippen LogP) is 3.19. The summed E-state index contributed by atoms with van der Waals surface area (Å²) in [6, 6.07) is 5.99. The lowest BCUT2D eigenvalue weighted by Gasteiger charge is -2.21. The van der Waals surface area contributed by atoms with Gasteiger partial charge in [0.2, 0.25) is 5.91 Å². The van der Waals surface area contributed by atoms with Crippen LogP contribution in [0.4, 0.5) is 10.5 Å². The fourth-order valence-electron chi connectivity index (χ4n) is 1.33. The summed E-state index contributed by atoms with van der Waals surface area (Å²) in [5.74, 6) is -0.335. The van der Waals surface area contributed by atoms with Gasteiger partial charge in [-0.2, -0.15) is 0 Å². The van der Waals surface area contributed by atoms with Gasteiger partial charge in [0.05, 0.1) is 0 Å². The van der Waals surface area contributed by atoms with Crippen molar-refractivity contribution in [2.45, 2.75) is 39.3 Å². The van der Waals surface area contributed by atoms with Gasteiger partial charge in [0.25, 0.3) is 0 Å². The van der Waals surface area contributed by atoms with Gasteiger partial charge in [-0.15, -0.1) is 0 Å². The van der Waals surface area contributed by atoms with Gasteiger partial charge in [-0.1, -0.05) is 11.6 Å². The average Bonchev–Trinajstić information content (AvgIpc) is 2.29. The zero-order valence-corrected chi connectivity index (χ0v) is 12.7. The second-order valence-electron chi connectivity index (χ2n) is 5.36. The molecule has 20 heavy (non-hydrogen) atoms. The molecule has 0 spiro atoms. The van der Waals surface area contributed by atoms with E-state index in [1.165, 1.54) is 0 Å². The van der Waals surface area contributed by atoms with Crippen molar-refractivity contribution in [1.82, 2.24) is 5.32 Å². The first-order valence-electron chi connectivity index (χ1n) is 6.23. The summed E-state index contributed by atoms with van der Waals surface area (Å²) in [6.07, 6.45) is -0.628. The number of amides is 2. The van der Waals surface area contributed by atoms with Crippen LogP contribution in [0.3, 0.4) is 0 Å². The van der Waals surface area contributed by atoms with Gasteiger partial charge in [0, 0.05) is 10.7 Å². The third-order valence-corrected chi connectivity index (χ3v) is 2.49. The molecule has 110 valence electrons. The molecule has 2 amide bonds. The summed E-state index contributed by atoms with van der Waals surface area (Å²) in [5.41, 5.74) is 0.00782. The molecule has 0 unspecified atom stereocenters. The van der Waals surface area contributed by atoms with Crippen LogP contribution in [0.2, 0.25) is 5.02 Å². The fourth-order valence-corrected chi connectivity index (χ4v) is 1.46. The van der Waals surface area contributed by atoms with E-state index in [0.717, 1.165) is 0 Å². The van der Waals surface area contributed by atoms with E-state index in [2.05, 4.69) is 10.6 Å².